The number of nitrogens with zero attached hydrogens (tertiary/aromatic N) is 6. The number of hydrogen-bond donors (Lipinski definition) is 3. The number of nitrogens with one attached hydrogen (secondary N) is 3. The van der Waals surface area contributed by atoms with Crippen LogP contribution in [0.3, 0.4) is 0 Å². The number of imide groups is 1. The molecule has 3 N–H and O–H groups in total. The highest BCUT2D eigenvalue weighted by atomic mass is 19.1. The van der Waals surface area contributed by atoms with Gasteiger partial charge in [-0.15, -0.1) is 0 Å². The number of anilines is 2. The summed E-state index contributed by atoms with van der Waals surface area (Å²) in [5.41, 5.74) is 4.14. The van der Waals surface area contributed by atoms with E-state index in [4.69, 9.17) is 4.74 Å². The van der Waals surface area contributed by atoms with Gasteiger partial charge in [0.1, 0.15) is 11.6 Å². The SMILES string of the molecule is Cc1cc2cc(n1)-c1cnn(C)c1OCCC[C@@H](C)CN1/C(=N/C2=O)Nc2ccc(C(=O)N[C@@H]3CCN(CCc4cc(F)c([C@H]5CCC(=O)NC5=O)c(F)c4)CC3(C)C)cc21. The first-order valence-electron chi connectivity index (χ1n) is 20.9. The van der Waals surface area contributed by atoms with Crippen molar-refractivity contribution in [1.82, 2.24) is 30.3 Å². The molecule has 2 fully saturated rings. The van der Waals surface area contributed by atoms with Crippen molar-refractivity contribution < 1.29 is 32.7 Å². The zero-order valence-electron chi connectivity index (χ0n) is 35.1. The average molecular weight is 836 g/mol. The molecule has 14 nitrogen and oxygen atoms in total. The molecule has 0 aliphatic carbocycles. The number of halogens is 2. The van der Waals surface area contributed by atoms with Crippen molar-refractivity contribution in [1.29, 1.82) is 0 Å². The molecule has 0 unspecified atom stereocenters. The smallest absolute Gasteiger partial charge is 0.280 e. The van der Waals surface area contributed by atoms with Gasteiger partial charge in [0.25, 0.3) is 11.8 Å². The second kappa shape index (κ2) is 16.8. The largest absolute Gasteiger partial charge is 0.477 e. The van der Waals surface area contributed by atoms with Crippen molar-refractivity contribution in [2.75, 3.05) is 43.0 Å². The minimum atomic E-state index is -1.04. The molecule has 2 bridgehead atoms. The Morgan fingerprint density at radius 2 is 1.82 bits per heavy atom. The highest BCUT2D eigenvalue weighted by Crippen LogP contribution is 2.37. The van der Waals surface area contributed by atoms with Crippen LogP contribution >= 0.6 is 0 Å². The number of fused-ring (bicyclic) bond motifs is 7. The van der Waals surface area contributed by atoms with Crippen LogP contribution in [-0.4, -0.2) is 88.1 Å². The lowest BCUT2D eigenvalue weighted by Gasteiger charge is -2.44. The van der Waals surface area contributed by atoms with E-state index < -0.39 is 35.3 Å². The molecule has 16 heteroatoms. The van der Waals surface area contributed by atoms with E-state index >= 15 is 8.78 Å². The van der Waals surface area contributed by atoms with Gasteiger partial charge in [0.05, 0.1) is 41.4 Å². The van der Waals surface area contributed by atoms with Gasteiger partial charge in [0.2, 0.25) is 23.7 Å². The third kappa shape index (κ3) is 8.76. The van der Waals surface area contributed by atoms with E-state index in [0.717, 1.165) is 24.2 Å². The summed E-state index contributed by atoms with van der Waals surface area (Å²) in [5.74, 6) is -3.23. The first-order chi connectivity index (χ1) is 29.1. The van der Waals surface area contributed by atoms with E-state index in [1.165, 1.54) is 12.1 Å². The second-order valence-electron chi connectivity index (χ2n) is 17.5. The van der Waals surface area contributed by atoms with Gasteiger partial charge in [-0.25, -0.2) is 13.5 Å². The molecular weight excluding hydrogens is 785 g/mol. The third-order valence-electron chi connectivity index (χ3n) is 12.3. The highest BCUT2D eigenvalue weighted by Gasteiger charge is 2.38. The van der Waals surface area contributed by atoms with Gasteiger partial charge in [-0.3, -0.25) is 29.5 Å². The van der Waals surface area contributed by atoms with Gasteiger partial charge in [-0.1, -0.05) is 20.8 Å². The summed E-state index contributed by atoms with van der Waals surface area (Å²) in [6, 6.07) is 11.3. The Morgan fingerprint density at radius 3 is 2.57 bits per heavy atom. The molecule has 320 valence electrons. The fraction of sp³-hybridized carbons (Fsp3) is 0.444. The fourth-order valence-corrected chi connectivity index (χ4v) is 8.98. The number of ether oxygens (including phenoxy) is 1. The quantitative estimate of drug-likeness (QED) is 0.200. The lowest BCUT2D eigenvalue weighted by molar-refractivity contribution is -0.134. The van der Waals surface area contributed by atoms with E-state index in [-0.39, 0.29) is 41.7 Å². The van der Waals surface area contributed by atoms with Crippen molar-refractivity contribution in [2.24, 2.45) is 23.4 Å². The van der Waals surface area contributed by atoms with E-state index in [9.17, 15) is 19.2 Å². The number of carbonyl (C=O) groups is 4. The summed E-state index contributed by atoms with van der Waals surface area (Å²) in [6.07, 6.45) is 4.48. The zero-order valence-corrected chi connectivity index (χ0v) is 35.1. The molecule has 2 aromatic carbocycles. The van der Waals surface area contributed by atoms with Gasteiger partial charge < -0.3 is 25.2 Å². The van der Waals surface area contributed by atoms with Gasteiger partial charge in [-0.05, 0) is 98.4 Å². The summed E-state index contributed by atoms with van der Waals surface area (Å²) < 4.78 is 38.2. The summed E-state index contributed by atoms with van der Waals surface area (Å²) >= 11 is 0. The molecule has 4 amide bonds. The molecule has 4 aliphatic rings. The number of aliphatic imine (C=N–C) groups is 1. The maximum atomic E-state index is 15.2. The van der Waals surface area contributed by atoms with Crippen LogP contribution in [0.5, 0.6) is 5.88 Å². The fourth-order valence-electron chi connectivity index (χ4n) is 8.98. The molecule has 0 radical (unpaired) electrons. The van der Waals surface area contributed by atoms with Crippen molar-refractivity contribution in [2.45, 2.75) is 78.2 Å². The Labute approximate surface area is 353 Å². The van der Waals surface area contributed by atoms with Crippen LogP contribution in [0.2, 0.25) is 0 Å². The number of rotatable bonds is 6. The Kier molecular flexibility index (Phi) is 11.5. The van der Waals surface area contributed by atoms with Crippen LogP contribution in [-0.2, 0) is 23.1 Å². The maximum Gasteiger partial charge on any atom is 0.280 e. The van der Waals surface area contributed by atoms with Crippen LogP contribution in [0.1, 0.15) is 96.3 Å². The summed E-state index contributed by atoms with van der Waals surface area (Å²) in [5, 5.41) is 13.2. The van der Waals surface area contributed by atoms with Crippen molar-refractivity contribution >= 4 is 41.0 Å². The average Bonchev–Trinajstić information content (AvgIpc) is 3.74. The molecule has 0 saturated carbocycles. The number of piperidine rings is 2. The van der Waals surface area contributed by atoms with E-state index in [2.05, 4.69) is 56.7 Å². The van der Waals surface area contributed by atoms with Crippen LogP contribution < -0.4 is 25.6 Å². The molecule has 61 heavy (non-hydrogen) atoms. The number of aryl methyl sites for hydroxylation is 2. The lowest BCUT2D eigenvalue weighted by Crippen LogP contribution is -2.55. The molecule has 2 aromatic heterocycles. The number of hydrogen-bond acceptors (Lipinski definition) is 10. The summed E-state index contributed by atoms with van der Waals surface area (Å²) in [6.45, 7) is 11.1. The Bertz CT molecular complexity index is 2420. The zero-order chi connectivity index (χ0) is 43.2. The van der Waals surface area contributed by atoms with E-state index in [0.29, 0.717) is 91.1 Å². The first-order valence-corrected chi connectivity index (χ1v) is 20.9. The lowest BCUT2D eigenvalue weighted by atomic mass is 9.78. The predicted molar refractivity (Wildman–Crippen MR) is 226 cm³/mol. The molecule has 2 saturated heterocycles. The Morgan fingerprint density at radius 1 is 1.03 bits per heavy atom. The van der Waals surface area contributed by atoms with E-state index in [1.54, 1.807) is 29.1 Å². The van der Waals surface area contributed by atoms with Gasteiger partial charge >= 0.3 is 0 Å². The molecule has 4 aromatic rings. The van der Waals surface area contributed by atoms with Gasteiger partial charge in [0.15, 0.2) is 0 Å². The summed E-state index contributed by atoms with van der Waals surface area (Å²) in [7, 11) is 1.81. The van der Waals surface area contributed by atoms with E-state index in [1.807, 2.05) is 31.0 Å². The number of guanidine groups is 1. The van der Waals surface area contributed by atoms with Crippen molar-refractivity contribution in [3.8, 4) is 17.1 Å². The molecule has 4 aliphatic heterocycles. The van der Waals surface area contributed by atoms with Gasteiger partial charge in [0, 0.05) is 68.1 Å². The van der Waals surface area contributed by atoms with Crippen LogP contribution in [0.4, 0.5) is 20.2 Å². The number of pyridine rings is 1. The molecule has 0 spiro atoms. The third-order valence-corrected chi connectivity index (χ3v) is 12.3. The number of aromatic nitrogens is 3. The maximum absolute atomic E-state index is 15.2. The predicted octanol–water partition coefficient (Wildman–Crippen LogP) is 5.90. The number of benzene rings is 2. The minimum absolute atomic E-state index is 0.0338. The molecule has 3 atom stereocenters. The second-order valence-corrected chi connectivity index (χ2v) is 17.5. The molecule has 6 heterocycles. The van der Waals surface area contributed by atoms with Crippen molar-refractivity contribution in [3.05, 3.63) is 88.2 Å². The number of carbonyl (C=O) groups excluding carboxylic acids is 4. The number of amides is 4. The highest BCUT2D eigenvalue weighted by molar-refractivity contribution is 6.19. The van der Waals surface area contributed by atoms with Crippen molar-refractivity contribution in [3.63, 3.8) is 0 Å². The standard InChI is InChI=1S/C45H51F2N9O5/c1-25-7-6-16-61-43-31(22-48-54(43)5)35-20-29(17-26(2)49-35)41(59)53-44-50-34-10-8-28(21-36(34)56(44)23-25)40(58)51-37-13-15-55(24-45(37,3)4)14-12-27-18-32(46)39(33(47)19-27)30-9-11-38(57)52-42(30)60/h8,10,17-22,25,30,37H,6-7,9,11-16,23-24H2,1-5H3,(H,51,58)(H,50,53,59)(H,52,57,60)/t25-,30-,37-/m1/s1. The van der Waals surface area contributed by atoms with Crippen LogP contribution in [0, 0.1) is 29.9 Å². The minimum Gasteiger partial charge on any atom is -0.477 e. The monoisotopic (exact) mass is 835 g/mol. The normalized spacial score (nSPS) is 22.6. The summed E-state index contributed by atoms with van der Waals surface area (Å²) in [4.78, 5) is 65.1. The topological polar surface area (TPSA) is 163 Å². The Hall–Kier alpha value is -6.03. The molecule has 8 rings (SSSR count). The van der Waals surface area contributed by atoms with Crippen LogP contribution in [0.25, 0.3) is 11.3 Å². The Balaban J connectivity index is 0.942. The van der Waals surface area contributed by atoms with Crippen LogP contribution in [0.15, 0.2) is 53.7 Å². The van der Waals surface area contributed by atoms with Gasteiger partial charge in [-0.2, -0.15) is 10.1 Å². The number of likely N-dealkylation sites (tertiary alicyclic amines) is 1. The first kappa shape index (κ1) is 41.7. The molecular formula is C45H51F2N9O5.